The summed E-state index contributed by atoms with van der Waals surface area (Å²) >= 11 is 20.8. The van der Waals surface area contributed by atoms with Gasteiger partial charge in [-0.15, -0.1) is 11.3 Å². The molecule has 1 aromatic heterocycles. The fourth-order valence-electron chi connectivity index (χ4n) is 2.00. The third-order valence-electron chi connectivity index (χ3n) is 3.18. The third-order valence-corrected chi connectivity index (χ3v) is 6.08. The Labute approximate surface area is 168 Å². The summed E-state index contributed by atoms with van der Waals surface area (Å²) in [5, 5.41) is 6.18. The summed E-state index contributed by atoms with van der Waals surface area (Å²) < 4.78 is 0.811. The van der Waals surface area contributed by atoms with Crippen LogP contribution in [0.3, 0.4) is 0 Å². The zero-order chi connectivity index (χ0) is 17.8. The molecule has 1 N–H and O–H groups in total. The monoisotopic (exact) mass is 428 g/mol. The average Bonchev–Trinajstić information content (AvgIpc) is 3.06. The van der Waals surface area contributed by atoms with Crippen LogP contribution in [0, 0.1) is 0 Å². The van der Waals surface area contributed by atoms with Gasteiger partial charge in [0, 0.05) is 16.0 Å². The second-order valence-corrected chi connectivity index (χ2v) is 8.27. The normalized spacial score (nSPS) is 10.7. The van der Waals surface area contributed by atoms with Gasteiger partial charge in [-0.05, 0) is 24.3 Å². The molecule has 0 atom stereocenters. The number of carbonyl (C=O) groups excluding carboxylic acids is 1. The maximum absolute atomic E-state index is 12.1. The first-order valence-corrected chi connectivity index (χ1v) is 10.1. The van der Waals surface area contributed by atoms with Crippen molar-refractivity contribution in [3.63, 3.8) is 0 Å². The van der Waals surface area contributed by atoms with Gasteiger partial charge >= 0.3 is 0 Å². The van der Waals surface area contributed by atoms with Gasteiger partial charge in [0.05, 0.1) is 27.2 Å². The van der Waals surface area contributed by atoms with Crippen LogP contribution in [0.5, 0.6) is 0 Å². The Hall–Kier alpha value is -1.24. The molecule has 128 valence electrons. The molecule has 0 saturated carbocycles. The molecular weight excluding hydrogens is 419 g/mol. The minimum Gasteiger partial charge on any atom is -0.323 e. The predicted molar refractivity (Wildman–Crippen MR) is 108 cm³/mol. The summed E-state index contributed by atoms with van der Waals surface area (Å²) in [6.45, 7) is 0. The van der Waals surface area contributed by atoms with E-state index >= 15 is 0 Å². The largest absolute Gasteiger partial charge is 0.323 e. The molecule has 1 amide bonds. The number of hydrogen-bond donors (Lipinski definition) is 1. The lowest BCUT2D eigenvalue weighted by molar-refractivity contribution is -0.113. The molecule has 3 rings (SSSR count). The fraction of sp³-hybridized carbons (Fsp3) is 0.0588. The second kappa shape index (κ2) is 8.43. The van der Waals surface area contributed by atoms with Crippen LogP contribution in [0.4, 0.5) is 5.69 Å². The molecule has 2 aromatic carbocycles. The third kappa shape index (κ3) is 4.90. The number of halogens is 3. The van der Waals surface area contributed by atoms with Crippen LogP contribution in [-0.2, 0) is 4.79 Å². The Morgan fingerprint density at radius 2 is 1.76 bits per heavy atom. The van der Waals surface area contributed by atoms with Gasteiger partial charge in [-0.25, -0.2) is 4.98 Å². The number of rotatable bonds is 5. The highest BCUT2D eigenvalue weighted by molar-refractivity contribution is 8.01. The smallest absolute Gasteiger partial charge is 0.234 e. The van der Waals surface area contributed by atoms with Crippen molar-refractivity contribution in [2.75, 3.05) is 11.1 Å². The van der Waals surface area contributed by atoms with E-state index in [1.54, 1.807) is 18.2 Å². The molecule has 0 aliphatic heterocycles. The number of thiazole rings is 1. The number of nitrogens with zero attached hydrogens (tertiary/aromatic N) is 1. The van der Waals surface area contributed by atoms with E-state index in [-0.39, 0.29) is 11.7 Å². The van der Waals surface area contributed by atoms with Gasteiger partial charge in [0.2, 0.25) is 5.91 Å². The van der Waals surface area contributed by atoms with Crippen molar-refractivity contribution in [3.8, 4) is 11.3 Å². The van der Waals surface area contributed by atoms with Gasteiger partial charge in [-0.3, -0.25) is 4.79 Å². The molecular formula is C17H11Cl3N2OS2. The summed E-state index contributed by atoms with van der Waals surface area (Å²) in [5.41, 5.74) is 2.27. The Morgan fingerprint density at radius 1 is 1.08 bits per heavy atom. The predicted octanol–water partition coefficient (Wildman–Crippen LogP) is 6.50. The molecule has 3 aromatic rings. The minimum atomic E-state index is -0.191. The molecule has 0 aliphatic carbocycles. The van der Waals surface area contributed by atoms with Gasteiger partial charge in [-0.2, -0.15) is 0 Å². The number of para-hydroxylation sites is 1. The molecule has 0 fully saturated rings. The van der Waals surface area contributed by atoms with Crippen molar-refractivity contribution in [1.82, 2.24) is 4.98 Å². The summed E-state index contributed by atoms with van der Waals surface area (Å²) in [6, 6.07) is 12.6. The lowest BCUT2D eigenvalue weighted by Crippen LogP contribution is -2.14. The Balaban J connectivity index is 1.60. The standard InChI is InChI=1S/C17H11Cl3N2OS2/c18-11-6-4-10(5-7-11)14-8-24-17(21-14)25-9-15(23)22-16-12(19)2-1-3-13(16)20/h1-8H,9H2,(H,22,23). The fourth-order valence-corrected chi connectivity index (χ4v) is 4.25. The molecule has 0 spiro atoms. The van der Waals surface area contributed by atoms with E-state index in [9.17, 15) is 4.79 Å². The number of amides is 1. The number of thioether (sulfide) groups is 1. The maximum atomic E-state index is 12.1. The van der Waals surface area contributed by atoms with E-state index in [4.69, 9.17) is 34.8 Å². The van der Waals surface area contributed by atoms with Gasteiger partial charge < -0.3 is 5.32 Å². The maximum Gasteiger partial charge on any atom is 0.234 e. The zero-order valence-electron chi connectivity index (χ0n) is 12.6. The molecule has 8 heteroatoms. The van der Waals surface area contributed by atoms with E-state index < -0.39 is 0 Å². The van der Waals surface area contributed by atoms with Crippen molar-refractivity contribution in [2.24, 2.45) is 0 Å². The van der Waals surface area contributed by atoms with E-state index in [1.165, 1.54) is 23.1 Å². The van der Waals surface area contributed by atoms with Crippen LogP contribution in [0.15, 0.2) is 52.2 Å². The Kier molecular flexibility index (Phi) is 6.25. The molecule has 1 heterocycles. The van der Waals surface area contributed by atoms with Crippen LogP contribution >= 0.6 is 57.9 Å². The first-order valence-electron chi connectivity index (χ1n) is 7.11. The average molecular weight is 430 g/mol. The molecule has 0 bridgehead atoms. The van der Waals surface area contributed by atoms with Gasteiger partial charge in [0.15, 0.2) is 4.34 Å². The highest BCUT2D eigenvalue weighted by Crippen LogP contribution is 2.31. The summed E-state index contributed by atoms with van der Waals surface area (Å²) in [7, 11) is 0. The van der Waals surface area contributed by atoms with Crippen LogP contribution < -0.4 is 5.32 Å². The SMILES string of the molecule is O=C(CSc1nc(-c2ccc(Cl)cc2)cs1)Nc1c(Cl)cccc1Cl. The lowest BCUT2D eigenvalue weighted by Gasteiger charge is -2.08. The van der Waals surface area contributed by atoms with Crippen molar-refractivity contribution < 1.29 is 4.79 Å². The van der Waals surface area contributed by atoms with E-state index in [0.717, 1.165) is 15.6 Å². The quantitative estimate of drug-likeness (QED) is 0.471. The summed E-state index contributed by atoms with van der Waals surface area (Å²) in [6.07, 6.45) is 0. The Morgan fingerprint density at radius 3 is 2.44 bits per heavy atom. The first-order chi connectivity index (χ1) is 12.0. The number of aromatic nitrogens is 1. The molecule has 0 saturated heterocycles. The van der Waals surface area contributed by atoms with Crippen molar-refractivity contribution in [1.29, 1.82) is 0 Å². The Bertz CT molecular complexity index is 877. The number of carbonyl (C=O) groups is 1. The van der Waals surface area contributed by atoms with Crippen molar-refractivity contribution >= 4 is 69.5 Å². The number of anilines is 1. The van der Waals surface area contributed by atoms with Crippen molar-refractivity contribution in [2.45, 2.75) is 4.34 Å². The number of benzene rings is 2. The van der Waals surface area contributed by atoms with Gasteiger partial charge in [0.25, 0.3) is 0 Å². The van der Waals surface area contributed by atoms with Crippen molar-refractivity contribution in [3.05, 3.63) is 62.9 Å². The van der Waals surface area contributed by atoms with E-state index in [2.05, 4.69) is 10.3 Å². The molecule has 0 unspecified atom stereocenters. The van der Waals surface area contributed by atoms with Gasteiger partial charge in [0.1, 0.15) is 0 Å². The lowest BCUT2D eigenvalue weighted by atomic mass is 10.2. The van der Waals surface area contributed by atoms with Crippen LogP contribution in [0.25, 0.3) is 11.3 Å². The highest BCUT2D eigenvalue weighted by Gasteiger charge is 2.12. The van der Waals surface area contributed by atoms with Gasteiger partial charge in [-0.1, -0.05) is 64.8 Å². The van der Waals surface area contributed by atoms with Crippen LogP contribution in [-0.4, -0.2) is 16.6 Å². The van der Waals surface area contributed by atoms with Crippen LogP contribution in [0.2, 0.25) is 15.1 Å². The molecule has 25 heavy (non-hydrogen) atoms. The topological polar surface area (TPSA) is 42.0 Å². The minimum absolute atomic E-state index is 0.191. The summed E-state index contributed by atoms with van der Waals surface area (Å²) in [4.78, 5) is 16.6. The number of hydrogen-bond acceptors (Lipinski definition) is 4. The van der Waals surface area contributed by atoms with E-state index in [0.29, 0.717) is 20.8 Å². The summed E-state index contributed by atoms with van der Waals surface area (Å²) in [5.74, 6) is 0.0259. The molecule has 3 nitrogen and oxygen atoms in total. The number of nitrogens with one attached hydrogen (secondary N) is 1. The van der Waals surface area contributed by atoms with Crippen LogP contribution in [0.1, 0.15) is 0 Å². The van der Waals surface area contributed by atoms with E-state index in [1.807, 2.05) is 29.6 Å². The molecule has 0 aliphatic rings. The molecule has 0 radical (unpaired) electrons. The first kappa shape index (κ1) is 18.5. The zero-order valence-corrected chi connectivity index (χ0v) is 16.5. The second-order valence-electron chi connectivity index (χ2n) is 4.94. The highest BCUT2D eigenvalue weighted by atomic mass is 35.5.